The van der Waals surface area contributed by atoms with Gasteiger partial charge in [0.2, 0.25) is 11.6 Å². The first-order valence-corrected chi connectivity index (χ1v) is 5.98. The van der Waals surface area contributed by atoms with Crippen LogP contribution in [0.25, 0.3) is 6.08 Å². The summed E-state index contributed by atoms with van der Waals surface area (Å²) in [5, 5.41) is 9.89. The summed E-state index contributed by atoms with van der Waals surface area (Å²) in [7, 11) is 0. The highest BCUT2D eigenvalue weighted by molar-refractivity contribution is 6.52. The van der Waals surface area contributed by atoms with Gasteiger partial charge in [-0.15, -0.1) is 0 Å². The lowest BCUT2D eigenvalue weighted by Gasteiger charge is -2.21. The van der Waals surface area contributed by atoms with E-state index in [4.69, 9.17) is 0 Å². The number of phenolic OH excluding ortho intramolecular Hbond substituents is 1. The van der Waals surface area contributed by atoms with Crippen molar-refractivity contribution in [1.82, 2.24) is 0 Å². The first-order valence-electron chi connectivity index (χ1n) is 5.98. The van der Waals surface area contributed by atoms with Crippen molar-refractivity contribution in [1.29, 1.82) is 0 Å². The third-order valence-corrected chi connectivity index (χ3v) is 3.41. The summed E-state index contributed by atoms with van der Waals surface area (Å²) >= 11 is 0. The fourth-order valence-corrected chi connectivity index (χ4v) is 2.31. The predicted octanol–water partition coefficient (Wildman–Crippen LogP) is 2.99. The summed E-state index contributed by atoms with van der Waals surface area (Å²) < 4.78 is 0. The van der Waals surface area contributed by atoms with Crippen LogP contribution in [0.15, 0.2) is 11.6 Å². The molecule has 0 saturated carbocycles. The summed E-state index contributed by atoms with van der Waals surface area (Å²) in [4.78, 5) is 23.8. The highest BCUT2D eigenvalue weighted by atomic mass is 16.3. The second-order valence-corrected chi connectivity index (χ2v) is 5.04. The lowest BCUT2D eigenvalue weighted by molar-refractivity contribution is -0.111. The van der Waals surface area contributed by atoms with Gasteiger partial charge in [-0.05, 0) is 43.0 Å². The molecule has 1 aromatic carbocycles. The molecule has 94 valence electrons. The van der Waals surface area contributed by atoms with E-state index >= 15 is 0 Å². The molecular formula is C15H16O3. The maximum absolute atomic E-state index is 12.1. The smallest absolute Gasteiger partial charge is 0.234 e. The molecule has 3 heteroatoms. The van der Waals surface area contributed by atoms with Gasteiger partial charge in [-0.3, -0.25) is 9.59 Å². The van der Waals surface area contributed by atoms with Gasteiger partial charge in [0, 0.05) is 16.7 Å². The molecule has 0 unspecified atom stereocenters. The third-order valence-electron chi connectivity index (χ3n) is 3.41. The van der Waals surface area contributed by atoms with Gasteiger partial charge in [0.25, 0.3) is 0 Å². The van der Waals surface area contributed by atoms with Crippen LogP contribution < -0.4 is 0 Å². The second-order valence-electron chi connectivity index (χ2n) is 5.04. The lowest BCUT2D eigenvalue weighted by atomic mass is 9.82. The van der Waals surface area contributed by atoms with E-state index in [0.717, 1.165) is 11.1 Å². The van der Waals surface area contributed by atoms with Crippen LogP contribution in [0.1, 0.15) is 53.7 Å². The Balaban J connectivity index is 2.87. The van der Waals surface area contributed by atoms with Crippen molar-refractivity contribution < 1.29 is 14.7 Å². The Kier molecular flexibility index (Phi) is 2.85. The molecule has 0 radical (unpaired) electrons. The van der Waals surface area contributed by atoms with E-state index in [1.165, 1.54) is 0 Å². The zero-order valence-corrected chi connectivity index (χ0v) is 11.0. The highest BCUT2D eigenvalue weighted by Crippen LogP contribution is 2.36. The molecule has 2 rings (SSSR count). The number of ketones is 2. The molecule has 1 aliphatic rings. The Hall–Kier alpha value is -1.90. The van der Waals surface area contributed by atoms with E-state index in [9.17, 15) is 14.7 Å². The van der Waals surface area contributed by atoms with Crippen molar-refractivity contribution in [3.8, 4) is 5.75 Å². The number of carbonyl (C=O) groups excluding carboxylic acids is 2. The standard InChI is InChI=1S/C15H16O3/c1-7(2)10-6-12(16)9(4)13-11(10)5-8(3)14(17)15(13)18/h5-7,16H,1-4H3. The van der Waals surface area contributed by atoms with Crippen molar-refractivity contribution in [2.24, 2.45) is 0 Å². The second kappa shape index (κ2) is 4.09. The minimum absolute atomic E-state index is 0.0755. The van der Waals surface area contributed by atoms with Gasteiger partial charge in [-0.25, -0.2) is 0 Å². The van der Waals surface area contributed by atoms with E-state index in [-0.39, 0.29) is 11.7 Å². The Morgan fingerprint density at radius 3 is 2.28 bits per heavy atom. The molecule has 0 aromatic heterocycles. The summed E-state index contributed by atoms with van der Waals surface area (Å²) in [5.41, 5.74) is 2.97. The zero-order valence-electron chi connectivity index (χ0n) is 11.0. The van der Waals surface area contributed by atoms with E-state index in [0.29, 0.717) is 16.7 Å². The molecule has 1 aliphatic carbocycles. The van der Waals surface area contributed by atoms with Crippen LogP contribution in [0, 0.1) is 6.92 Å². The van der Waals surface area contributed by atoms with E-state index in [1.807, 2.05) is 13.8 Å². The maximum atomic E-state index is 12.1. The molecular weight excluding hydrogens is 228 g/mol. The van der Waals surface area contributed by atoms with Gasteiger partial charge < -0.3 is 5.11 Å². The molecule has 0 amide bonds. The van der Waals surface area contributed by atoms with Gasteiger partial charge in [-0.2, -0.15) is 0 Å². The van der Waals surface area contributed by atoms with Gasteiger partial charge in [0.15, 0.2) is 0 Å². The van der Waals surface area contributed by atoms with Crippen LogP contribution in [0.3, 0.4) is 0 Å². The molecule has 0 saturated heterocycles. The van der Waals surface area contributed by atoms with E-state index < -0.39 is 11.6 Å². The first kappa shape index (κ1) is 12.6. The van der Waals surface area contributed by atoms with Crippen LogP contribution in [-0.2, 0) is 4.79 Å². The van der Waals surface area contributed by atoms with E-state index in [2.05, 4.69) is 0 Å². The van der Waals surface area contributed by atoms with Gasteiger partial charge in [0.05, 0.1) is 0 Å². The number of allylic oxidation sites excluding steroid dienone is 1. The van der Waals surface area contributed by atoms with Crippen LogP contribution >= 0.6 is 0 Å². The molecule has 0 spiro atoms. The average Bonchev–Trinajstić information content (AvgIpc) is 2.30. The molecule has 0 atom stereocenters. The summed E-state index contributed by atoms with van der Waals surface area (Å²) in [5.74, 6) is -0.743. The fourth-order valence-electron chi connectivity index (χ4n) is 2.31. The maximum Gasteiger partial charge on any atom is 0.234 e. The molecule has 1 N–H and O–H groups in total. The third kappa shape index (κ3) is 1.67. The Morgan fingerprint density at radius 1 is 1.11 bits per heavy atom. The Bertz CT molecular complexity index is 592. The number of rotatable bonds is 1. The molecule has 0 fully saturated rings. The van der Waals surface area contributed by atoms with Gasteiger partial charge >= 0.3 is 0 Å². The van der Waals surface area contributed by atoms with Gasteiger partial charge in [-0.1, -0.05) is 13.8 Å². The number of aromatic hydroxyl groups is 1. The van der Waals surface area contributed by atoms with Crippen LogP contribution in [-0.4, -0.2) is 16.7 Å². The van der Waals surface area contributed by atoms with Crippen LogP contribution in [0.4, 0.5) is 0 Å². The molecule has 0 bridgehead atoms. The first-order chi connectivity index (χ1) is 8.34. The topological polar surface area (TPSA) is 54.4 Å². The summed E-state index contributed by atoms with van der Waals surface area (Å²) in [6, 6.07) is 1.69. The lowest BCUT2D eigenvalue weighted by Crippen LogP contribution is -2.22. The van der Waals surface area contributed by atoms with Crippen molar-refractivity contribution in [2.75, 3.05) is 0 Å². The minimum atomic E-state index is -0.514. The summed E-state index contributed by atoms with van der Waals surface area (Å²) in [6.07, 6.45) is 1.75. The number of hydrogen-bond acceptors (Lipinski definition) is 3. The van der Waals surface area contributed by atoms with E-state index in [1.54, 1.807) is 26.0 Å². The quantitative estimate of drug-likeness (QED) is 0.773. The summed E-state index contributed by atoms with van der Waals surface area (Å²) in [6.45, 7) is 7.30. The molecule has 0 heterocycles. The highest BCUT2D eigenvalue weighted by Gasteiger charge is 2.30. The minimum Gasteiger partial charge on any atom is -0.508 e. The SMILES string of the molecule is CC1=Cc2c(C(C)C)cc(O)c(C)c2C(=O)C1=O. The van der Waals surface area contributed by atoms with Crippen molar-refractivity contribution >= 4 is 17.6 Å². The Morgan fingerprint density at radius 2 is 1.72 bits per heavy atom. The average molecular weight is 244 g/mol. The number of fused-ring (bicyclic) bond motifs is 1. The largest absolute Gasteiger partial charge is 0.508 e. The predicted molar refractivity (Wildman–Crippen MR) is 69.9 cm³/mol. The zero-order chi connectivity index (χ0) is 13.6. The number of benzene rings is 1. The number of carbonyl (C=O) groups is 2. The van der Waals surface area contributed by atoms with Crippen LogP contribution in [0.5, 0.6) is 5.75 Å². The molecule has 1 aromatic rings. The number of phenols is 1. The fraction of sp³-hybridized carbons (Fsp3) is 0.333. The molecule has 18 heavy (non-hydrogen) atoms. The number of hydrogen-bond donors (Lipinski definition) is 1. The van der Waals surface area contributed by atoms with Gasteiger partial charge in [0.1, 0.15) is 5.75 Å². The van der Waals surface area contributed by atoms with Crippen molar-refractivity contribution in [2.45, 2.75) is 33.6 Å². The van der Waals surface area contributed by atoms with Crippen LogP contribution in [0.2, 0.25) is 0 Å². The van der Waals surface area contributed by atoms with Crippen molar-refractivity contribution in [3.63, 3.8) is 0 Å². The normalized spacial score (nSPS) is 14.8. The molecule has 3 nitrogen and oxygen atoms in total. The van der Waals surface area contributed by atoms with Crippen molar-refractivity contribution in [3.05, 3.63) is 33.9 Å². The molecule has 0 aliphatic heterocycles. The Labute approximate surface area is 106 Å². The monoisotopic (exact) mass is 244 g/mol. The number of Topliss-reactive ketones (excluding diaryl/α,β-unsaturated/α-hetero) is 2.